The second-order valence-corrected chi connectivity index (χ2v) is 17.6. The van der Waals surface area contributed by atoms with Crippen molar-refractivity contribution >= 4 is 11.9 Å². The smallest absolute Gasteiger partial charge is 0.306 e. The number of amides is 1. The summed E-state index contributed by atoms with van der Waals surface area (Å²) in [5.41, 5.74) is 0. The molecular weight excluding hydrogens is 755 g/mol. The van der Waals surface area contributed by atoms with E-state index in [0.717, 1.165) is 103 Å². The predicted octanol–water partition coefficient (Wildman–Crippen LogP) is 15.6. The molecule has 0 aromatic rings. The molecule has 3 atom stereocenters. The van der Waals surface area contributed by atoms with Crippen molar-refractivity contribution in [2.24, 2.45) is 0 Å². The van der Waals surface area contributed by atoms with Crippen LogP contribution < -0.4 is 5.32 Å². The molecule has 0 aliphatic rings. The van der Waals surface area contributed by atoms with Crippen molar-refractivity contribution in [2.45, 2.75) is 270 Å². The maximum absolute atomic E-state index is 13.2. The molecule has 6 nitrogen and oxygen atoms in total. The molecule has 0 radical (unpaired) electrons. The number of allylic oxidation sites excluding steroid dienone is 10. The Bertz CT molecular complexity index is 1090. The zero-order chi connectivity index (χ0) is 44.5. The summed E-state index contributed by atoms with van der Waals surface area (Å²) >= 11 is 0. The van der Waals surface area contributed by atoms with Crippen molar-refractivity contribution in [3.8, 4) is 0 Å². The van der Waals surface area contributed by atoms with Crippen LogP contribution in [0.1, 0.15) is 252 Å². The minimum atomic E-state index is -0.798. The monoisotopic (exact) mass is 854 g/mol. The second kappa shape index (κ2) is 48.6. The first-order chi connectivity index (χ1) is 30.0. The molecule has 61 heavy (non-hydrogen) atoms. The second-order valence-electron chi connectivity index (χ2n) is 17.6. The summed E-state index contributed by atoms with van der Waals surface area (Å²) in [6.07, 6.45) is 59.9. The average Bonchev–Trinajstić information content (AvgIpc) is 3.25. The van der Waals surface area contributed by atoms with Gasteiger partial charge in [-0.3, -0.25) is 9.59 Å². The number of rotatable bonds is 46. The summed E-state index contributed by atoms with van der Waals surface area (Å²) < 4.78 is 5.92. The highest BCUT2D eigenvalue weighted by Gasteiger charge is 2.24. The largest absolute Gasteiger partial charge is 0.462 e. The minimum Gasteiger partial charge on any atom is -0.462 e. The Balaban J connectivity index is 4.64. The van der Waals surface area contributed by atoms with E-state index in [4.69, 9.17) is 4.74 Å². The standard InChI is InChI=1S/C55H99NO5/c1-4-7-10-13-16-19-22-25-26-27-28-30-33-36-39-42-45-48-55(60)61-51(46-43-40-37-34-31-29-23-20-17-14-11-8-5-2)49-54(59)56-52(50-57)53(58)47-44-41-38-35-32-24-21-18-15-12-9-6-3/h16-17,19-20,23,25-26,28-30,51-53,57-58H,4-15,18,21-22,24,27,31-50H2,1-3H3,(H,56,59)/b19-16-,20-17+,26-25-,29-23+,30-28-. The lowest BCUT2D eigenvalue weighted by molar-refractivity contribution is -0.151. The lowest BCUT2D eigenvalue weighted by atomic mass is 10.0. The third kappa shape index (κ3) is 44.0. The van der Waals surface area contributed by atoms with Gasteiger partial charge in [0.15, 0.2) is 0 Å². The molecule has 6 heteroatoms. The summed E-state index contributed by atoms with van der Waals surface area (Å²) in [5.74, 6) is -0.518. The van der Waals surface area contributed by atoms with Gasteiger partial charge in [0.2, 0.25) is 5.91 Å². The van der Waals surface area contributed by atoms with Gasteiger partial charge >= 0.3 is 5.97 Å². The fraction of sp³-hybridized carbons (Fsp3) is 0.782. The van der Waals surface area contributed by atoms with Gasteiger partial charge < -0.3 is 20.3 Å². The van der Waals surface area contributed by atoms with Crippen molar-refractivity contribution in [1.29, 1.82) is 0 Å². The van der Waals surface area contributed by atoms with Gasteiger partial charge in [-0.25, -0.2) is 0 Å². The SMILES string of the molecule is CCCCC/C=C\C/C=C\C/C=C\CCCCCCC(=O)OC(CCCCCC/C=C/C=C/CCCCC)CC(=O)NC(CO)C(O)CCCCCCCCCCCCCC. The van der Waals surface area contributed by atoms with Gasteiger partial charge in [0.05, 0.1) is 25.2 Å². The number of nitrogens with one attached hydrogen (secondary N) is 1. The molecule has 3 unspecified atom stereocenters. The van der Waals surface area contributed by atoms with Crippen LogP contribution in [0.2, 0.25) is 0 Å². The van der Waals surface area contributed by atoms with Crippen LogP contribution in [0.4, 0.5) is 0 Å². The number of aliphatic hydroxyl groups is 2. The van der Waals surface area contributed by atoms with Gasteiger partial charge in [0.25, 0.3) is 0 Å². The Kier molecular flexibility index (Phi) is 46.6. The van der Waals surface area contributed by atoms with E-state index >= 15 is 0 Å². The number of unbranched alkanes of at least 4 members (excludes halogenated alkanes) is 25. The Hall–Kier alpha value is -2.44. The van der Waals surface area contributed by atoms with Crippen molar-refractivity contribution in [2.75, 3.05) is 6.61 Å². The molecule has 0 aliphatic heterocycles. The summed E-state index contributed by atoms with van der Waals surface area (Å²) in [5, 5.41) is 23.7. The quantitative estimate of drug-likeness (QED) is 0.0245. The molecule has 0 saturated carbocycles. The topological polar surface area (TPSA) is 95.9 Å². The maximum atomic E-state index is 13.2. The Labute approximate surface area is 378 Å². The highest BCUT2D eigenvalue weighted by Crippen LogP contribution is 2.17. The zero-order valence-corrected chi connectivity index (χ0v) is 40.3. The normalized spacial score (nSPS) is 13.7. The van der Waals surface area contributed by atoms with E-state index in [1.807, 2.05) is 0 Å². The van der Waals surface area contributed by atoms with Crippen molar-refractivity contribution in [3.05, 3.63) is 60.8 Å². The van der Waals surface area contributed by atoms with Crippen LogP contribution in [0.3, 0.4) is 0 Å². The summed E-state index contributed by atoms with van der Waals surface area (Å²) in [4.78, 5) is 26.1. The fourth-order valence-corrected chi connectivity index (χ4v) is 7.60. The predicted molar refractivity (Wildman–Crippen MR) is 264 cm³/mol. The highest BCUT2D eigenvalue weighted by molar-refractivity contribution is 5.77. The molecule has 0 fully saturated rings. The lowest BCUT2D eigenvalue weighted by Gasteiger charge is -2.24. The van der Waals surface area contributed by atoms with E-state index in [0.29, 0.717) is 19.3 Å². The van der Waals surface area contributed by atoms with Crippen LogP contribution in [0, 0.1) is 0 Å². The lowest BCUT2D eigenvalue weighted by Crippen LogP contribution is -2.46. The molecule has 1 amide bonds. The number of ether oxygens (including phenoxy) is 1. The maximum Gasteiger partial charge on any atom is 0.306 e. The molecule has 0 bridgehead atoms. The summed E-state index contributed by atoms with van der Waals surface area (Å²) in [6.45, 7) is 6.41. The first-order valence-corrected chi connectivity index (χ1v) is 26.0. The van der Waals surface area contributed by atoms with Gasteiger partial charge in [-0.1, -0.05) is 210 Å². The molecule has 0 spiro atoms. The van der Waals surface area contributed by atoms with Gasteiger partial charge in [0.1, 0.15) is 6.10 Å². The van der Waals surface area contributed by atoms with Crippen molar-refractivity contribution in [3.63, 3.8) is 0 Å². The molecule has 0 heterocycles. The Morgan fingerprint density at radius 3 is 1.39 bits per heavy atom. The van der Waals surface area contributed by atoms with E-state index in [-0.39, 0.29) is 24.9 Å². The van der Waals surface area contributed by atoms with Crippen LogP contribution in [-0.2, 0) is 14.3 Å². The Morgan fingerprint density at radius 1 is 0.492 bits per heavy atom. The minimum absolute atomic E-state index is 0.0537. The van der Waals surface area contributed by atoms with Crippen molar-refractivity contribution < 1.29 is 24.5 Å². The van der Waals surface area contributed by atoms with Gasteiger partial charge in [0, 0.05) is 6.42 Å². The third-order valence-corrected chi connectivity index (χ3v) is 11.6. The van der Waals surface area contributed by atoms with Crippen LogP contribution in [0.15, 0.2) is 60.8 Å². The number of carbonyl (C=O) groups excluding carboxylic acids is 2. The highest BCUT2D eigenvalue weighted by atomic mass is 16.5. The average molecular weight is 854 g/mol. The fourth-order valence-electron chi connectivity index (χ4n) is 7.60. The van der Waals surface area contributed by atoms with E-state index in [1.165, 1.54) is 103 Å². The van der Waals surface area contributed by atoms with Gasteiger partial charge in [-0.15, -0.1) is 0 Å². The van der Waals surface area contributed by atoms with Gasteiger partial charge in [-0.2, -0.15) is 0 Å². The van der Waals surface area contributed by atoms with Crippen LogP contribution in [0.25, 0.3) is 0 Å². The first kappa shape index (κ1) is 58.6. The van der Waals surface area contributed by atoms with Crippen LogP contribution >= 0.6 is 0 Å². The Morgan fingerprint density at radius 2 is 0.885 bits per heavy atom. The molecule has 0 rings (SSSR count). The molecule has 0 aromatic heterocycles. The number of hydrogen-bond donors (Lipinski definition) is 3. The molecule has 354 valence electrons. The summed E-state index contributed by atoms with van der Waals surface area (Å²) in [6, 6.07) is -0.713. The molecule has 0 aromatic carbocycles. The number of aliphatic hydroxyl groups excluding tert-OH is 2. The number of esters is 1. The van der Waals surface area contributed by atoms with E-state index < -0.39 is 18.2 Å². The van der Waals surface area contributed by atoms with Crippen molar-refractivity contribution in [1.82, 2.24) is 5.32 Å². The molecule has 0 saturated heterocycles. The summed E-state index contributed by atoms with van der Waals surface area (Å²) in [7, 11) is 0. The molecule has 3 N–H and O–H groups in total. The number of hydrogen-bond acceptors (Lipinski definition) is 5. The molecular formula is C55H99NO5. The number of carbonyl (C=O) groups is 2. The van der Waals surface area contributed by atoms with E-state index in [1.54, 1.807) is 0 Å². The van der Waals surface area contributed by atoms with Crippen LogP contribution in [0.5, 0.6) is 0 Å². The zero-order valence-electron chi connectivity index (χ0n) is 40.3. The first-order valence-electron chi connectivity index (χ1n) is 26.0. The van der Waals surface area contributed by atoms with E-state index in [9.17, 15) is 19.8 Å². The van der Waals surface area contributed by atoms with Gasteiger partial charge in [-0.05, 0) is 89.9 Å². The van der Waals surface area contributed by atoms with E-state index in [2.05, 4.69) is 86.8 Å². The van der Waals surface area contributed by atoms with Crippen LogP contribution in [-0.4, -0.2) is 46.9 Å². The third-order valence-electron chi connectivity index (χ3n) is 11.6. The molecule has 0 aliphatic carbocycles.